The molecule has 0 aliphatic carbocycles. The lowest BCUT2D eigenvalue weighted by Crippen LogP contribution is -2.22. The first kappa shape index (κ1) is 11.5. The van der Waals surface area contributed by atoms with E-state index in [9.17, 15) is 4.79 Å². The van der Waals surface area contributed by atoms with E-state index >= 15 is 0 Å². The number of methoxy groups -OCH3 is 1. The van der Waals surface area contributed by atoms with Crippen LogP contribution < -0.4 is 5.56 Å². The largest absolute Gasteiger partial charge is 0.383 e. The van der Waals surface area contributed by atoms with E-state index in [-0.39, 0.29) is 5.56 Å². The Morgan fingerprint density at radius 2 is 2.31 bits per heavy atom. The van der Waals surface area contributed by atoms with E-state index < -0.39 is 0 Å². The van der Waals surface area contributed by atoms with Crippen molar-refractivity contribution in [3.63, 3.8) is 0 Å². The van der Waals surface area contributed by atoms with Gasteiger partial charge in [0.05, 0.1) is 30.4 Å². The minimum absolute atomic E-state index is 0.0134. The van der Waals surface area contributed by atoms with Crippen LogP contribution in [0.1, 0.15) is 0 Å². The fourth-order valence-corrected chi connectivity index (χ4v) is 1.97. The van der Waals surface area contributed by atoms with Crippen LogP contribution in [-0.2, 0) is 11.3 Å². The van der Waals surface area contributed by atoms with E-state index in [1.807, 2.05) is 18.2 Å². The van der Waals surface area contributed by atoms with E-state index in [0.717, 1.165) is 9.09 Å². The van der Waals surface area contributed by atoms with Crippen LogP contribution in [0.2, 0.25) is 0 Å². The van der Waals surface area contributed by atoms with Gasteiger partial charge in [-0.3, -0.25) is 9.36 Å². The molecular weight excluding hydrogens is 319 g/mol. The molecule has 0 fully saturated rings. The molecule has 5 heteroatoms. The van der Waals surface area contributed by atoms with Crippen molar-refractivity contribution in [2.45, 2.75) is 6.54 Å². The van der Waals surface area contributed by atoms with Gasteiger partial charge in [0.2, 0.25) is 0 Å². The Morgan fingerprint density at radius 3 is 3.06 bits per heavy atom. The minimum Gasteiger partial charge on any atom is -0.383 e. The Kier molecular flexibility index (Phi) is 3.55. The first-order valence-corrected chi connectivity index (χ1v) is 5.94. The van der Waals surface area contributed by atoms with Crippen LogP contribution in [0.3, 0.4) is 0 Å². The first-order chi connectivity index (χ1) is 7.72. The summed E-state index contributed by atoms with van der Waals surface area (Å²) in [7, 11) is 1.61. The number of halogens is 1. The number of fused-ring (bicyclic) bond motifs is 1. The molecule has 0 spiro atoms. The molecule has 0 aliphatic rings. The SMILES string of the molecule is COCCn1cnc2ccc(I)cc2c1=O. The summed E-state index contributed by atoms with van der Waals surface area (Å²) in [6, 6.07) is 5.66. The maximum atomic E-state index is 12.1. The summed E-state index contributed by atoms with van der Waals surface area (Å²) >= 11 is 2.18. The molecule has 0 saturated heterocycles. The van der Waals surface area contributed by atoms with Gasteiger partial charge >= 0.3 is 0 Å². The summed E-state index contributed by atoms with van der Waals surface area (Å²) in [5.74, 6) is 0. The highest BCUT2D eigenvalue weighted by atomic mass is 127. The zero-order valence-corrected chi connectivity index (χ0v) is 11.0. The normalized spacial score (nSPS) is 10.9. The summed E-state index contributed by atoms with van der Waals surface area (Å²) in [6.07, 6.45) is 1.57. The average molecular weight is 330 g/mol. The average Bonchev–Trinajstić information content (AvgIpc) is 2.29. The number of aromatic nitrogens is 2. The topological polar surface area (TPSA) is 44.1 Å². The number of benzene rings is 1. The van der Waals surface area contributed by atoms with Gasteiger partial charge in [-0.15, -0.1) is 0 Å². The molecule has 0 N–H and O–H groups in total. The van der Waals surface area contributed by atoms with Crippen LogP contribution in [-0.4, -0.2) is 23.3 Å². The molecule has 0 atom stereocenters. The third-order valence-electron chi connectivity index (χ3n) is 2.32. The summed E-state index contributed by atoms with van der Waals surface area (Å²) in [4.78, 5) is 16.3. The molecule has 0 aliphatic heterocycles. The third kappa shape index (κ3) is 2.25. The molecule has 1 aromatic carbocycles. The molecule has 0 amide bonds. The maximum Gasteiger partial charge on any atom is 0.261 e. The smallest absolute Gasteiger partial charge is 0.261 e. The van der Waals surface area contributed by atoms with Crippen molar-refractivity contribution in [2.75, 3.05) is 13.7 Å². The molecule has 84 valence electrons. The Labute approximate surface area is 106 Å². The summed E-state index contributed by atoms with van der Waals surface area (Å²) in [5, 5.41) is 0.658. The van der Waals surface area contributed by atoms with Crippen molar-refractivity contribution >= 4 is 33.5 Å². The number of nitrogens with zero attached hydrogens (tertiary/aromatic N) is 2. The predicted molar refractivity (Wildman–Crippen MR) is 70.6 cm³/mol. The van der Waals surface area contributed by atoms with Crippen molar-refractivity contribution in [1.82, 2.24) is 9.55 Å². The number of hydrogen-bond donors (Lipinski definition) is 0. The van der Waals surface area contributed by atoms with E-state index in [4.69, 9.17) is 4.74 Å². The molecular formula is C11H11IN2O2. The molecule has 1 heterocycles. The first-order valence-electron chi connectivity index (χ1n) is 4.86. The fourth-order valence-electron chi connectivity index (χ4n) is 1.48. The summed E-state index contributed by atoms with van der Waals surface area (Å²) < 4.78 is 7.55. The lowest BCUT2D eigenvalue weighted by atomic mass is 10.2. The van der Waals surface area contributed by atoms with Crippen molar-refractivity contribution in [3.05, 3.63) is 38.5 Å². The Balaban J connectivity index is 2.55. The zero-order valence-electron chi connectivity index (χ0n) is 8.81. The van der Waals surface area contributed by atoms with Crippen molar-refractivity contribution in [2.24, 2.45) is 0 Å². The Hall–Kier alpha value is -0.950. The van der Waals surface area contributed by atoms with Gasteiger partial charge in [-0.2, -0.15) is 0 Å². The third-order valence-corrected chi connectivity index (χ3v) is 2.99. The number of rotatable bonds is 3. The molecule has 2 rings (SSSR count). The summed E-state index contributed by atoms with van der Waals surface area (Å²) in [6.45, 7) is 1.04. The van der Waals surface area contributed by atoms with Gasteiger partial charge in [0.15, 0.2) is 0 Å². The predicted octanol–water partition coefficient (Wildman–Crippen LogP) is 1.65. The lowest BCUT2D eigenvalue weighted by Gasteiger charge is -2.05. The molecule has 1 aromatic heterocycles. The molecule has 0 saturated carbocycles. The van der Waals surface area contributed by atoms with Crippen LogP contribution >= 0.6 is 22.6 Å². The quantitative estimate of drug-likeness (QED) is 0.804. The van der Waals surface area contributed by atoms with Gasteiger partial charge < -0.3 is 4.74 Å². The van der Waals surface area contributed by atoms with Gasteiger partial charge in [-0.25, -0.2) is 4.98 Å². The monoisotopic (exact) mass is 330 g/mol. The standard InChI is InChI=1S/C11H11IN2O2/c1-16-5-4-14-7-13-10-3-2-8(12)6-9(10)11(14)15/h2-3,6-7H,4-5H2,1H3. The molecule has 0 radical (unpaired) electrons. The van der Waals surface area contributed by atoms with E-state index in [1.165, 1.54) is 0 Å². The lowest BCUT2D eigenvalue weighted by molar-refractivity contribution is 0.186. The summed E-state index contributed by atoms with van der Waals surface area (Å²) in [5.41, 5.74) is 0.722. The van der Waals surface area contributed by atoms with Gasteiger partial charge in [-0.1, -0.05) is 0 Å². The number of ether oxygens (including phenoxy) is 1. The van der Waals surface area contributed by atoms with E-state index in [2.05, 4.69) is 27.6 Å². The highest BCUT2D eigenvalue weighted by Crippen LogP contribution is 2.11. The van der Waals surface area contributed by atoms with Crippen molar-refractivity contribution in [3.8, 4) is 0 Å². The Bertz CT molecular complexity index is 565. The van der Waals surface area contributed by atoms with Crippen LogP contribution in [0, 0.1) is 3.57 Å². The molecule has 2 aromatic rings. The van der Waals surface area contributed by atoms with Crippen LogP contribution in [0.25, 0.3) is 10.9 Å². The second kappa shape index (κ2) is 4.92. The molecule has 0 bridgehead atoms. The van der Waals surface area contributed by atoms with Gasteiger partial charge in [0, 0.05) is 10.7 Å². The van der Waals surface area contributed by atoms with E-state index in [0.29, 0.717) is 18.5 Å². The van der Waals surface area contributed by atoms with Crippen molar-refractivity contribution < 1.29 is 4.74 Å². The maximum absolute atomic E-state index is 12.1. The van der Waals surface area contributed by atoms with Gasteiger partial charge in [0.1, 0.15) is 0 Å². The molecule has 4 nitrogen and oxygen atoms in total. The highest BCUT2D eigenvalue weighted by Gasteiger charge is 2.03. The highest BCUT2D eigenvalue weighted by molar-refractivity contribution is 14.1. The molecule has 16 heavy (non-hydrogen) atoms. The van der Waals surface area contributed by atoms with Crippen molar-refractivity contribution in [1.29, 1.82) is 0 Å². The van der Waals surface area contributed by atoms with E-state index in [1.54, 1.807) is 18.0 Å². The zero-order chi connectivity index (χ0) is 11.5. The second-order valence-electron chi connectivity index (χ2n) is 3.40. The fraction of sp³-hybridized carbons (Fsp3) is 0.273. The second-order valence-corrected chi connectivity index (χ2v) is 4.64. The Morgan fingerprint density at radius 1 is 1.50 bits per heavy atom. The van der Waals surface area contributed by atoms with Crippen LogP contribution in [0.5, 0.6) is 0 Å². The van der Waals surface area contributed by atoms with Gasteiger partial charge in [-0.05, 0) is 40.8 Å². The van der Waals surface area contributed by atoms with Crippen LogP contribution in [0.15, 0.2) is 29.3 Å². The van der Waals surface area contributed by atoms with Gasteiger partial charge in [0.25, 0.3) is 5.56 Å². The number of hydrogen-bond acceptors (Lipinski definition) is 3. The molecule has 0 unspecified atom stereocenters. The minimum atomic E-state index is -0.0134. The van der Waals surface area contributed by atoms with Crippen LogP contribution in [0.4, 0.5) is 0 Å².